The van der Waals surface area contributed by atoms with Gasteiger partial charge in [0.25, 0.3) is 11.5 Å². The lowest BCUT2D eigenvalue weighted by molar-refractivity contribution is 0.0986. The molecule has 1 aromatic heterocycles. The summed E-state index contributed by atoms with van der Waals surface area (Å²) in [5.74, 6) is -0.286. The second kappa shape index (κ2) is 10.3. The van der Waals surface area contributed by atoms with Crippen LogP contribution in [-0.4, -0.2) is 22.0 Å². The molecule has 0 fully saturated rings. The van der Waals surface area contributed by atoms with Crippen LogP contribution in [0.5, 0.6) is 0 Å². The fourth-order valence-electron chi connectivity index (χ4n) is 2.96. The number of rotatable bonds is 9. The number of nitrogens with zero attached hydrogens (tertiary/aromatic N) is 2. The van der Waals surface area contributed by atoms with Crippen molar-refractivity contribution in [2.45, 2.75) is 52.5 Å². The monoisotopic (exact) mass is 450 g/mol. The summed E-state index contributed by atoms with van der Waals surface area (Å²) in [6.45, 7) is 4.80. The number of anilines is 2. The first-order valence-electron chi connectivity index (χ1n) is 9.60. The Labute approximate surface area is 172 Å². The molecule has 0 spiro atoms. The Kier molecular flexibility index (Phi) is 8.04. The van der Waals surface area contributed by atoms with E-state index in [2.05, 4.69) is 27.8 Å². The van der Waals surface area contributed by atoms with Crippen LogP contribution in [0.3, 0.4) is 0 Å². The highest BCUT2D eigenvalue weighted by Crippen LogP contribution is 2.21. The van der Waals surface area contributed by atoms with Crippen molar-refractivity contribution in [3.63, 3.8) is 0 Å². The minimum absolute atomic E-state index is 0.0316. The zero-order valence-electron chi connectivity index (χ0n) is 16.3. The summed E-state index contributed by atoms with van der Waals surface area (Å²) < 4.78 is 2.19. The van der Waals surface area contributed by atoms with Crippen molar-refractivity contribution in [1.29, 1.82) is 0 Å². The lowest BCUT2D eigenvalue weighted by Gasteiger charge is -2.24. The molecule has 8 heteroatoms. The standard InChI is InChI=1S/C20H27BrN4O3/c1-3-5-7-13-24(19(27)14-8-10-15(21)11-9-14)16-17(22)25(12-6-4-2)20(28)23-18(16)26/h8-11H,3-7,12-13,22H2,1-2H3,(H,23,26,28). The first-order chi connectivity index (χ1) is 13.4. The van der Waals surface area contributed by atoms with E-state index in [4.69, 9.17) is 5.73 Å². The fourth-order valence-corrected chi connectivity index (χ4v) is 3.22. The third-order valence-electron chi connectivity index (χ3n) is 4.54. The second-order valence-electron chi connectivity index (χ2n) is 6.67. The number of amides is 1. The summed E-state index contributed by atoms with van der Waals surface area (Å²) in [6.07, 6.45) is 4.23. The number of unbranched alkanes of at least 4 members (excludes halogenated alkanes) is 3. The molecule has 0 bridgehead atoms. The van der Waals surface area contributed by atoms with E-state index in [1.54, 1.807) is 24.3 Å². The van der Waals surface area contributed by atoms with Gasteiger partial charge in [0, 0.05) is 23.1 Å². The Balaban J connectivity index is 2.53. The van der Waals surface area contributed by atoms with Gasteiger partial charge in [-0.05, 0) is 37.1 Å². The molecule has 0 aliphatic carbocycles. The number of carbonyl (C=O) groups is 1. The first kappa shape index (κ1) is 21.9. The van der Waals surface area contributed by atoms with E-state index in [1.165, 1.54) is 9.47 Å². The lowest BCUT2D eigenvalue weighted by atomic mass is 10.1. The van der Waals surface area contributed by atoms with E-state index in [1.807, 2.05) is 6.92 Å². The van der Waals surface area contributed by atoms with Crippen LogP contribution in [0.25, 0.3) is 0 Å². The molecule has 3 N–H and O–H groups in total. The van der Waals surface area contributed by atoms with E-state index < -0.39 is 11.2 Å². The van der Waals surface area contributed by atoms with Crippen LogP contribution in [0, 0.1) is 0 Å². The van der Waals surface area contributed by atoms with Crippen LogP contribution >= 0.6 is 15.9 Å². The second-order valence-corrected chi connectivity index (χ2v) is 7.58. The highest BCUT2D eigenvalue weighted by atomic mass is 79.9. The highest BCUT2D eigenvalue weighted by molar-refractivity contribution is 9.10. The van der Waals surface area contributed by atoms with Gasteiger partial charge in [0.05, 0.1) is 0 Å². The molecule has 28 heavy (non-hydrogen) atoms. The largest absolute Gasteiger partial charge is 0.383 e. The number of nitrogens with two attached hydrogens (primary N) is 1. The van der Waals surface area contributed by atoms with Crippen molar-refractivity contribution < 1.29 is 4.79 Å². The number of benzene rings is 1. The van der Waals surface area contributed by atoms with Gasteiger partial charge in [-0.15, -0.1) is 0 Å². The van der Waals surface area contributed by atoms with Gasteiger partial charge < -0.3 is 10.6 Å². The molecule has 0 saturated carbocycles. The summed E-state index contributed by atoms with van der Waals surface area (Å²) in [4.78, 5) is 41.7. The Morgan fingerprint density at radius 2 is 1.75 bits per heavy atom. The van der Waals surface area contributed by atoms with Gasteiger partial charge in [0.2, 0.25) is 0 Å². The van der Waals surface area contributed by atoms with Gasteiger partial charge in [-0.25, -0.2) is 4.79 Å². The van der Waals surface area contributed by atoms with E-state index in [-0.39, 0.29) is 17.4 Å². The summed E-state index contributed by atoms with van der Waals surface area (Å²) in [7, 11) is 0. The Morgan fingerprint density at radius 3 is 2.36 bits per heavy atom. The average Bonchev–Trinajstić information content (AvgIpc) is 2.66. The summed E-state index contributed by atoms with van der Waals surface area (Å²) >= 11 is 3.35. The Hall–Kier alpha value is -2.35. The highest BCUT2D eigenvalue weighted by Gasteiger charge is 2.24. The van der Waals surface area contributed by atoms with E-state index in [0.29, 0.717) is 18.7 Å². The molecule has 2 aromatic rings. The fraction of sp³-hybridized carbons (Fsp3) is 0.450. The van der Waals surface area contributed by atoms with Crippen LogP contribution in [0.1, 0.15) is 56.3 Å². The summed E-state index contributed by atoms with van der Waals surface area (Å²) in [6, 6.07) is 6.92. The summed E-state index contributed by atoms with van der Waals surface area (Å²) in [5.41, 5.74) is 5.51. The Bertz CT molecular complexity index is 919. The smallest absolute Gasteiger partial charge is 0.330 e. The molecule has 0 aliphatic rings. The number of nitrogen functional groups attached to an aromatic ring is 1. The molecular formula is C20H27BrN4O3. The number of H-pyrrole nitrogens is 1. The average molecular weight is 451 g/mol. The predicted octanol–water partition coefficient (Wildman–Crippen LogP) is 3.52. The molecule has 0 unspecified atom stereocenters. The number of halogens is 1. The number of aromatic nitrogens is 2. The van der Waals surface area contributed by atoms with Gasteiger partial charge in [-0.3, -0.25) is 19.1 Å². The van der Waals surface area contributed by atoms with Gasteiger partial charge in [-0.2, -0.15) is 0 Å². The molecule has 152 valence electrons. The van der Waals surface area contributed by atoms with Crippen molar-refractivity contribution in [2.75, 3.05) is 17.2 Å². The van der Waals surface area contributed by atoms with Gasteiger partial charge >= 0.3 is 5.69 Å². The number of aromatic amines is 1. The topological polar surface area (TPSA) is 101 Å². The first-order valence-corrected chi connectivity index (χ1v) is 10.4. The molecule has 0 saturated heterocycles. The molecule has 1 heterocycles. The quantitative estimate of drug-likeness (QED) is 0.570. The van der Waals surface area contributed by atoms with Crippen molar-refractivity contribution in [3.8, 4) is 0 Å². The van der Waals surface area contributed by atoms with E-state index in [9.17, 15) is 14.4 Å². The maximum Gasteiger partial charge on any atom is 0.330 e. The summed E-state index contributed by atoms with van der Waals surface area (Å²) in [5, 5.41) is 0. The third-order valence-corrected chi connectivity index (χ3v) is 5.07. The SMILES string of the molecule is CCCCCN(C(=O)c1ccc(Br)cc1)c1c(N)n(CCCC)c(=O)[nH]c1=O. The Morgan fingerprint density at radius 1 is 1.11 bits per heavy atom. The zero-order chi connectivity index (χ0) is 20.7. The third kappa shape index (κ3) is 5.13. The molecule has 0 radical (unpaired) electrons. The zero-order valence-corrected chi connectivity index (χ0v) is 17.9. The molecular weight excluding hydrogens is 424 g/mol. The maximum absolute atomic E-state index is 13.2. The van der Waals surface area contributed by atoms with Crippen LogP contribution in [0.15, 0.2) is 38.3 Å². The van der Waals surface area contributed by atoms with E-state index >= 15 is 0 Å². The van der Waals surface area contributed by atoms with Crippen molar-refractivity contribution in [3.05, 3.63) is 55.1 Å². The van der Waals surface area contributed by atoms with Crippen LogP contribution < -0.4 is 21.9 Å². The van der Waals surface area contributed by atoms with E-state index in [0.717, 1.165) is 36.6 Å². The molecule has 2 rings (SSSR count). The lowest BCUT2D eigenvalue weighted by Crippen LogP contribution is -2.41. The minimum atomic E-state index is -0.641. The van der Waals surface area contributed by atoms with Crippen molar-refractivity contribution in [2.24, 2.45) is 0 Å². The molecule has 1 aromatic carbocycles. The molecule has 7 nitrogen and oxygen atoms in total. The van der Waals surface area contributed by atoms with Crippen molar-refractivity contribution >= 4 is 33.3 Å². The minimum Gasteiger partial charge on any atom is -0.383 e. The number of hydrogen-bond donors (Lipinski definition) is 2. The van der Waals surface area contributed by atoms with Crippen LogP contribution in [-0.2, 0) is 6.54 Å². The maximum atomic E-state index is 13.2. The van der Waals surface area contributed by atoms with Gasteiger partial charge in [-0.1, -0.05) is 49.0 Å². The molecule has 0 atom stereocenters. The predicted molar refractivity (Wildman–Crippen MR) is 116 cm³/mol. The number of carbonyl (C=O) groups excluding carboxylic acids is 1. The molecule has 0 aliphatic heterocycles. The van der Waals surface area contributed by atoms with Gasteiger partial charge in [0.15, 0.2) is 5.69 Å². The van der Waals surface area contributed by atoms with Crippen LogP contribution in [0.2, 0.25) is 0 Å². The molecule has 1 amide bonds. The number of hydrogen-bond acceptors (Lipinski definition) is 4. The van der Waals surface area contributed by atoms with Crippen LogP contribution in [0.4, 0.5) is 11.5 Å². The number of nitrogens with one attached hydrogen (secondary N) is 1. The van der Waals surface area contributed by atoms with Gasteiger partial charge in [0.1, 0.15) is 5.82 Å². The normalized spacial score (nSPS) is 10.8. The van der Waals surface area contributed by atoms with Crippen molar-refractivity contribution in [1.82, 2.24) is 9.55 Å².